The van der Waals surface area contributed by atoms with Gasteiger partial charge in [0.15, 0.2) is 0 Å². The molecule has 0 saturated carbocycles. The maximum absolute atomic E-state index is 13.2. The molecule has 0 spiro atoms. The topological polar surface area (TPSA) is 52.9 Å². The fraction of sp³-hybridized carbons (Fsp3) is 0.200. The van der Waals surface area contributed by atoms with Crippen LogP contribution in [0.15, 0.2) is 18.2 Å². The lowest BCUT2D eigenvalue weighted by molar-refractivity contribution is 0.0954. The van der Waals surface area contributed by atoms with Crippen molar-refractivity contribution < 1.29 is 9.18 Å². The van der Waals surface area contributed by atoms with Crippen molar-refractivity contribution in [2.45, 2.75) is 6.92 Å². The third kappa shape index (κ3) is 2.30. The molecular weight excluding hydrogens is 183 g/mol. The van der Waals surface area contributed by atoms with Crippen LogP contribution in [0, 0.1) is 24.1 Å². The second kappa shape index (κ2) is 4.38. The molecule has 0 heterocycles. The molecule has 3 nitrogen and oxygen atoms in total. The fourth-order valence-electron chi connectivity index (χ4n) is 1.02. The largest absolute Gasteiger partial charge is 0.339 e. The average Bonchev–Trinajstić information content (AvgIpc) is 2.14. The molecule has 0 radical (unpaired) electrons. The van der Waals surface area contributed by atoms with Gasteiger partial charge in [-0.3, -0.25) is 4.79 Å². The van der Waals surface area contributed by atoms with Crippen LogP contribution < -0.4 is 5.32 Å². The second-order valence-corrected chi connectivity index (χ2v) is 2.82. The van der Waals surface area contributed by atoms with E-state index in [1.54, 1.807) is 19.1 Å². The van der Waals surface area contributed by atoms with Crippen molar-refractivity contribution in [2.24, 2.45) is 0 Å². The van der Waals surface area contributed by atoms with Gasteiger partial charge in [0, 0.05) is 0 Å². The van der Waals surface area contributed by atoms with E-state index in [9.17, 15) is 9.18 Å². The SMILES string of the molecule is Cc1ccc(C(=O)NCC#N)c(F)c1. The van der Waals surface area contributed by atoms with Crippen LogP contribution in [0.4, 0.5) is 4.39 Å². The first-order valence-electron chi connectivity index (χ1n) is 4.06. The van der Waals surface area contributed by atoms with Gasteiger partial charge in [0.1, 0.15) is 12.4 Å². The number of hydrogen-bond donors (Lipinski definition) is 1. The van der Waals surface area contributed by atoms with Crippen molar-refractivity contribution in [3.63, 3.8) is 0 Å². The minimum Gasteiger partial charge on any atom is -0.339 e. The highest BCUT2D eigenvalue weighted by atomic mass is 19.1. The zero-order chi connectivity index (χ0) is 10.6. The van der Waals surface area contributed by atoms with E-state index in [-0.39, 0.29) is 12.1 Å². The molecule has 1 amide bonds. The Bertz CT molecular complexity index is 396. The van der Waals surface area contributed by atoms with E-state index in [2.05, 4.69) is 5.32 Å². The van der Waals surface area contributed by atoms with E-state index in [1.165, 1.54) is 12.1 Å². The second-order valence-electron chi connectivity index (χ2n) is 2.82. The number of amides is 1. The number of nitrogens with zero attached hydrogens (tertiary/aromatic N) is 1. The average molecular weight is 192 g/mol. The third-order valence-corrected chi connectivity index (χ3v) is 1.70. The van der Waals surface area contributed by atoms with Gasteiger partial charge in [-0.15, -0.1) is 0 Å². The van der Waals surface area contributed by atoms with Crippen LogP contribution in [0.3, 0.4) is 0 Å². The zero-order valence-corrected chi connectivity index (χ0v) is 7.67. The fourth-order valence-corrected chi connectivity index (χ4v) is 1.02. The van der Waals surface area contributed by atoms with Gasteiger partial charge >= 0.3 is 0 Å². The molecule has 0 unspecified atom stereocenters. The van der Waals surface area contributed by atoms with Gasteiger partial charge in [0.2, 0.25) is 0 Å². The summed E-state index contributed by atoms with van der Waals surface area (Å²) >= 11 is 0. The molecule has 1 aromatic carbocycles. The first-order chi connectivity index (χ1) is 6.65. The molecule has 4 heteroatoms. The number of aryl methyl sites for hydroxylation is 1. The van der Waals surface area contributed by atoms with Crippen molar-refractivity contribution in [2.75, 3.05) is 6.54 Å². The van der Waals surface area contributed by atoms with Crippen LogP contribution in [0.5, 0.6) is 0 Å². The number of carbonyl (C=O) groups is 1. The molecule has 0 aliphatic rings. The molecule has 0 aliphatic heterocycles. The van der Waals surface area contributed by atoms with Crippen molar-refractivity contribution in [1.82, 2.24) is 5.32 Å². The van der Waals surface area contributed by atoms with Crippen LogP contribution in [0.1, 0.15) is 15.9 Å². The number of rotatable bonds is 2. The van der Waals surface area contributed by atoms with Gasteiger partial charge < -0.3 is 5.32 Å². The molecule has 1 N–H and O–H groups in total. The molecule has 0 saturated heterocycles. The van der Waals surface area contributed by atoms with E-state index in [4.69, 9.17) is 5.26 Å². The molecular formula is C10H9FN2O. The molecule has 0 fully saturated rings. The number of carbonyl (C=O) groups excluding carboxylic acids is 1. The zero-order valence-electron chi connectivity index (χ0n) is 7.67. The lowest BCUT2D eigenvalue weighted by atomic mass is 10.1. The maximum Gasteiger partial charge on any atom is 0.255 e. The van der Waals surface area contributed by atoms with Gasteiger partial charge in [0.05, 0.1) is 11.6 Å². The summed E-state index contributed by atoms with van der Waals surface area (Å²) in [7, 11) is 0. The van der Waals surface area contributed by atoms with Crippen LogP contribution >= 0.6 is 0 Å². The van der Waals surface area contributed by atoms with Crippen LogP contribution in [0.25, 0.3) is 0 Å². The monoisotopic (exact) mass is 192 g/mol. The minimum atomic E-state index is -0.569. The van der Waals surface area contributed by atoms with Crippen molar-refractivity contribution in [1.29, 1.82) is 5.26 Å². The van der Waals surface area contributed by atoms with Crippen LogP contribution in [-0.4, -0.2) is 12.5 Å². The van der Waals surface area contributed by atoms with Crippen LogP contribution in [-0.2, 0) is 0 Å². The molecule has 72 valence electrons. The Kier molecular flexibility index (Phi) is 3.19. The molecule has 0 aromatic heterocycles. The number of halogens is 1. The molecule has 14 heavy (non-hydrogen) atoms. The minimum absolute atomic E-state index is 0.0362. The predicted molar refractivity (Wildman–Crippen MR) is 49.1 cm³/mol. The molecule has 1 aromatic rings. The maximum atomic E-state index is 13.2. The van der Waals surface area contributed by atoms with Crippen molar-refractivity contribution in [3.05, 3.63) is 35.1 Å². The number of nitriles is 1. The summed E-state index contributed by atoms with van der Waals surface area (Å²) in [4.78, 5) is 11.2. The highest BCUT2D eigenvalue weighted by Crippen LogP contribution is 2.09. The summed E-state index contributed by atoms with van der Waals surface area (Å²) < 4.78 is 13.2. The quantitative estimate of drug-likeness (QED) is 0.720. The lowest BCUT2D eigenvalue weighted by Gasteiger charge is -2.02. The van der Waals surface area contributed by atoms with Gasteiger partial charge in [-0.05, 0) is 24.6 Å². The Morgan fingerprint density at radius 3 is 2.93 bits per heavy atom. The van der Waals surface area contributed by atoms with Gasteiger partial charge in [0.25, 0.3) is 5.91 Å². The van der Waals surface area contributed by atoms with E-state index in [0.29, 0.717) is 0 Å². The van der Waals surface area contributed by atoms with E-state index >= 15 is 0 Å². The van der Waals surface area contributed by atoms with Crippen molar-refractivity contribution >= 4 is 5.91 Å². The molecule has 0 bridgehead atoms. The molecule has 1 rings (SSSR count). The molecule has 0 aliphatic carbocycles. The first-order valence-corrected chi connectivity index (χ1v) is 4.06. The Morgan fingerprint density at radius 1 is 1.64 bits per heavy atom. The van der Waals surface area contributed by atoms with E-state index in [1.807, 2.05) is 0 Å². The van der Waals surface area contributed by atoms with Gasteiger partial charge in [-0.25, -0.2) is 4.39 Å². The van der Waals surface area contributed by atoms with Gasteiger partial charge in [-0.1, -0.05) is 6.07 Å². The lowest BCUT2D eigenvalue weighted by Crippen LogP contribution is -2.24. The summed E-state index contributed by atoms with van der Waals surface area (Å²) in [6.07, 6.45) is 0. The number of benzene rings is 1. The van der Waals surface area contributed by atoms with E-state index < -0.39 is 11.7 Å². The highest BCUT2D eigenvalue weighted by Gasteiger charge is 2.10. The first kappa shape index (κ1) is 10.2. The standard InChI is InChI=1S/C10H9FN2O/c1-7-2-3-8(9(11)6-7)10(14)13-5-4-12/h2-3,6H,5H2,1H3,(H,13,14). The number of nitrogens with one attached hydrogen (secondary N) is 1. The third-order valence-electron chi connectivity index (χ3n) is 1.70. The highest BCUT2D eigenvalue weighted by molar-refractivity contribution is 5.94. The molecule has 0 atom stereocenters. The Labute approximate surface area is 81.2 Å². The summed E-state index contributed by atoms with van der Waals surface area (Å²) in [5.41, 5.74) is 0.713. The summed E-state index contributed by atoms with van der Waals surface area (Å²) in [6, 6.07) is 6.07. The van der Waals surface area contributed by atoms with Crippen LogP contribution in [0.2, 0.25) is 0 Å². The Morgan fingerprint density at radius 2 is 2.36 bits per heavy atom. The Hall–Kier alpha value is -1.89. The predicted octanol–water partition coefficient (Wildman–Crippen LogP) is 1.39. The summed E-state index contributed by atoms with van der Waals surface area (Å²) in [5.74, 6) is -1.13. The van der Waals surface area contributed by atoms with E-state index in [0.717, 1.165) is 5.56 Å². The van der Waals surface area contributed by atoms with Crippen molar-refractivity contribution in [3.8, 4) is 6.07 Å². The van der Waals surface area contributed by atoms with Gasteiger partial charge in [-0.2, -0.15) is 5.26 Å². The summed E-state index contributed by atoms with van der Waals surface area (Å²) in [6.45, 7) is 1.62. The Balaban J connectivity index is 2.86. The number of hydrogen-bond acceptors (Lipinski definition) is 2. The summed E-state index contributed by atoms with van der Waals surface area (Å²) in [5, 5.41) is 10.5. The smallest absolute Gasteiger partial charge is 0.255 e. The normalized spacial score (nSPS) is 9.21.